The molecule has 0 bridgehead atoms. The fraction of sp³-hybridized carbons (Fsp3) is 0.231. The minimum atomic E-state index is -0.369. The quantitative estimate of drug-likeness (QED) is 0.849. The van der Waals surface area contributed by atoms with Crippen LogP contribution in [0.5, 0.6) is 0 Å². The number of rotatable bonds is 2. The van der Waals surface area contributed by atoms with E-state index in [1.807, 2.05) is 37.3 Å². The Kier molecular flexibility index (Phi) is 2.95. The van der Waals surface area contributed by atoms with Gasteiger partial charge in [-0.2, -0.15) is 0 Å². The first-order chi connectivity index (χ1) is 8.09. The highest BCUT2D eigenvalue weighted by molar-refractivity contribution is 5.20. The van der Waals surface area contributed by atoms with Crippen LogP contribution in [0.1, 0.15) is 24.2 Å². The number of benzene rings is 1. The molecule has 1 N–H and O–H groups in total. The van der Waals surface area contributed by atoms with Crippen molar-refractivity contribution in [3.63, 3.8) is 0 Å². The van der Waals surface area contributed by atoms with Gasteiger partial charge in [-0.05, 0) is 19.4 Å². The Morgan fingerprint density at radius 2 is 1.82 bits per heavy atom. The van der Waals surface area contributed by atoms with Gasteiger partial charge in [-0.15, -0.1) is 0 Å². The summed E-state index contributed by atoms with van der Waals surface area (Å²) in [6.45, 7) is 3.69. The summed E-state index contributed by atoms with van der Waals surface area (Å²) in [5, 5.41) is 0. The van der Waals surface area contributed by atoms with Crippen molar-refractivity contribution in [2.45, 2.75) is 19.9 Å². The van der Waals surface area contributed by atoms with Crippen molar-refractivity contribution >= 4 is 0 Å². The van der Waals surface area contributed by atoms with Crippen molar-refractivity contribution in [3.8, 4) is 0 Å². The zero-order chi connectivity index (χ0) is 12.4. The third kappa shape index (κ3) is 2.20. The van der Waals surface area contributed by atoms with Crippen molar-refractivity contribution in [1.29, 1.82) is 0 Å². The van der Waals surface area contributed by atoms with Gasteiger partial charge in [0, 0.05) is 11.8 Å². The lowest BCUT2D eigenvalue weighted by Crippen LogP contribution is -2.33. The van der Waals surface area contributed by atoms with Gasteiger partial charge in [0.15, 0.2) is 0 Å². The molecule has 0 radical (unpaired) electrons. The molecule has 0 aliphatic rings. The molecule has 0 aliphatic carbocycles. The smallest absolute Gasteiger partial charge is 0.291 e. The van der Waals surface area contributed by atoms with Gasteiger partial charge >= 0.3 is 5.69 Å². The van der Waals surface area contributed by atoms with E-state index in [1.165, 1.54) is 6.07 Å². The number of nitrogens with zero attached hydrogens (tertiary/aromatic N) is 1. The largest absolute Gasteiger partial charge is 0.329 e. The van der Waals surface area contributed by atoms with Gasteiger partial charge in [-0.1, -0.05) is 30.3 Å². The molecule has 0 saturated carbocycles. The summed E-state index contributed by atoms with van der Waals surface area (Å²) in [5.41, 5.74) is 0.968. The number of nitrogens with one attached hydrogen (secondary N) is 1. The van der Waals surface area contributed by atoms with E-state index in [9.17, 15) is 9.59 Å². The zero-order valence-corrected chi connectivity index (χ0v) is 9.81. The number of aryl methyl sites for hydroxylation is 1. The van der Waals surface area contributed by atoms with E-state index in [2.05, 4.69) is 4.98 Å². The molecule has 2 aromatic rings. The second-order valence-electron chi connectivity index (χ2n) is 4.04. The lowest BCUT2D eigenvalue weighted by atomic mass is 10.1. The summed E-state index contributed by atoms with van der Waals surface area (Å²) in [6, 6.07) is 11.0. The van der Waals surface area contributed by atoms with E-state index in [0.29, 0.717) is 5.69 Å². The van der Waals surface area contributed by atoms with Gasteiger partial charge in [0.05, 0.1) is 6.04 Å². The molecule has 1 atom stereocenters. The second kappa shape index (κ2) is 4.41. The fourth-order valence-electron chi connectivity index (χ4n) is 1.98. The van der Waals surface area contributed by atoms with Crippen molar-refractivity contribution < 1.29 is 0 Å². The highest BCUT2D eigenvalue weighted by Gasteiger charge is 2.11. The van der Waals surface area contributed by atoms with Crippen LogP contribution in [-0.2, 0) is 0 Å². The van der Waals surface area contributed by atoms with Crippen molar-refractivity contribution in [2.75, 3.05) is 0 Å². The maximum absolute atomic E-state index is 11.8. The van der Waals surface area contributed by atoms with Crippen molar-refractivity contribution in [1.82, 2.24) is 9.55 Å². The molecule has 0 fully saturated rings. The lowest BCUT2D eigenvalue weighted by Gasteiger charge is -2.17. The van der Waals surface area contributed by atoms with Gasteiger partial charge in [-0.25, -0.2) is 4.79 Å². The van der Waals surface area contributed by atoms with E-state index in [4.69, 9.17) is 0 Å². The Bertz CT molecular complexity index is 626. The summed E-state index contributed by atoms with van der Waals surface area (Å²) in [6.07, 6.45) is 0. The number of hydrogen-bond acceptors (Lipinski definition) is 2. The van der Waals surface area contributed by atoms with E-state index in [1.54, 1.807) is 11.5 Å². The standard InChI is InChI=1S/C13H14N2O2/c1-9-8-12(16)14-13(17)15(9)10(2)11-6-4-3-5-7-11/h3-8,10H,1-2H3,(H,14,16,17). The average molecular weight is 230 g/mol. The van der Waals surface area contributed by atoms with Gasteiger partial charge < -0.3 is 0 Å². The SMILES string of the molecule is Cc1cc(=O)[nH]c(=O)n1C(C)c1ccccc1. The predicted octanol–water partition coefficient (Wildman–Crippen LogP) is 1.45. The Morgan fingerprint density at radius 1 is 1.18 bits per heavy atom. The molecule has 17 heavy (non-hydrogen) atoms. The third-order valence-corrected chi connectivity index (χ3v) is 2.84. The van der Waals surface area contributed by atoms with Crippen LogP contribution >= 0.6 is 0 Å². The molecule has 4 nitrogen and oxygen atoms in total. The molecule has 4 heteroatoms. The molecular formula is C13H14N2O2. The van der Waals surface area contributed by atoms with Crippen molar-refractivity contribution in [3.05, 3.63) is 68.5 Å². The van der Waals surface area contributed by atoms with Crippen LogP contribution in [0.2, 0.25) is 0 Å². The lowest BCUT2D eigenvalue weighted by molar-refractivity contribution is 0.577. The van der Waals surface area contributed by atoms with Gasteiger partial charge in [-0.3, -0.25) is 14.3 Å². The first-order valence-electron chi connectivity index (χ1n) is 5.47. The van der Waals surface area contributed by atoms with Crippen LogP contribution in [0.4, 0.5) is 0 Å². The molecule has 1 heterocycles. The monoisotopic (exact) mass is 230 g/mol. The first kappa shape index (κ1) is 11.4. The molecule has 0 saturated heterocycles. The molecule has 0 spiro atoms. The summed E-state index contributed by atoms with van der Waals surface area (Å²) in [4.78, 5) is 25.2. The van der Waals surface area contributed by atoms with Crippen LogP contribution in [-0.4, -0.2) is 9.55 Å². The predicted molar refractivity (Wildman–Crippen MR) is 66.3 cm³/mol. The van der Waals surface area contributed by atoms with Gasteiger partial charge in [0.25, 0.3) is 5.56 Å². The minimum Gasteiger partial charge on any atom is -0.291 e. The average Bonchev–Trinajstić information content (AvgIpc) is 2.28. The maximum Gasteiger partial charge on any atom is 0.329 e. The fourth-order valence-corrected chi connectivity index (χ4v) is 1.98. The minimum absolute atomic E-state index is 0.0967. The summed E-state index contributed by atoms with van der Waals surface area (Å²) in [5.74, 6) is 0. The normalized spacial score (nSPS) is 12.4. The van der Waals surface area contributed by atoms with E-state index in [0.717, 1.165) is 5.56 Å². The highest BCUT2D eigenvalue weighted by atomic mass is 16.2. The highest BCUT2D eigenvalue weighted by Crippen LogP contribution is 2.16. The second-order valence-corrected chi connectivity index (χ2v) is 4.04. The Balaban J connectivity index is 2.56. The van der Waals surface area contributed by atoms with Gasteiger partial charge in [0.2, 0.25) is 0 Å². The number of aromatic nitrogens is 2. The van der Waals surface area contributed by atoms with Crippen LogP contribution < -0.4 is 11.2 Å². The topological polar surface area (TPSA) is 54.9 Å². The van der Waals surface area contributed by atoms with Gasteiger partial charge in [0.1, 0.15) is 0 Å². The van der Waals surface area contributed by atoms with Crippen LogP contribution in [0.3, 0.4) is 0 Å². The Hall–Kier alpha value is -2.10. The van der Waals surface area contributed by atoms with Crippen molar-refractivity contribution in [2.24, 2.45) is 0 Å². The molecule has 2 rings (SSSR count). The number of H-pyrrole nitrogens is 1. The van der Waals surface area contributed by atoms with E-state index >= 15 is 0 Å². The third-order valence-electron chi connectivity index (χ3n) is 2.84. The Labute approximate surface area is 98.6 Å². The van der Waals surface area contributed by atoms with E-state index in [-0.39, 0.29) is 17.3 Å². The zero-order valence-electron chi connectivity index (χ0n) is 9.81. The first-order valence-corrected chi connectivity index (χ1v) is 5.47. The molecule has 88 valence electrons. The van der Waals surface area contributed by atoms with E-state index < -0.39 is 0 Å². The van der Waals surface area contributed by atoms with Crippen LogP contribution in [0.25, 0.3) is 0 Å². The summed E-state index contributed by atoms with van der Waals surface area (Å²) < 4.78 is 1.58. The summed E-state index contributed by atoms with van der Waals surface area (Å²) in [7, 11) is 0. The number of hydrogen-bond donors (Lipinski definition) is 1. The molecule has 1 aromatic carbocycles. The molecule has 0 aliphatic heterocycles. The summed E-state index contributed by atoms with van der Waals surface area (Å²) >= 11 is 0. The Morgan fingerprint density at radius 3 is 2.41 bits per heavy atom. The molecule has 0 amide bonds. The molecule has 1 unspecified atom stereocenters. The number of aromatic amines is 1. The molecular weight excluding hydrogens is 216 g/mol. The maximum atomic E-state index is 11.8. The molecule has 1 aromatic heterocycles. The van der Waals surface area contributed by atoms with Crippen LogP contribution in [0.15, 0.2) is 46.0 Å². The van der Waals surface area contributed by atoms with Crippen LogP contribution in [0, 0.1) is 6.92 Å².